The Morgan fingerprint density at radius 1 is 1.33 bits per heavy atom. The maximum Gasteiger partial charge on any atom is 0.253 e. The van der Waals surface area contributed by atoms with Crippen molar-refractivity contribution in [3.63, 3.8) is 0 Å². The number of benzene rings is 1. The van der Waals surface area contributed by atoms with Crippen molar-refractivity contribution in [3.8, 4) is 0 Å². The Kier molecular flexibility index (Phi) is 6.65. The van der Waals surface area contributed by atoms with Crippen molar-refractivity contribution in [1.29, 1.82) is 0 Å². The van der Waals surface area contributed by atoms with E-state index in [1.165, 1.54) is 18.2 Å². The minimum atomic E-state index is -0.600. The van der Waals surface area contributed by atoms with Gasteiger partial charge >= 0.3 is 0 Å². The highest BCUT2D eigenvalue weighted by Gasteiger charge is 2.16. The lowest BCUT2D eigenvalue weighted by Crippen LogP contribution is -2.28. The molecule has 2 amide bonds. The monoisotopic (exact) mass is 312 g/mol. The van der Waals surface area contributed by atoms with Gasteiger partial charge in [0.15, 0.2) is 0 Å². The molecule has 0 aliphatic carbocycles. The van der Waals surface area contributed by atoms with E-state index in [1.807, 2.05) is 0 Å². The number of carbonyl (C=O) groups is 2. The number of rotatable bonds is 7. The van der Waals surface area contributed by atoms with Crippen molar-refractivity contribution >= 4 is 29.1 Å². The third kappa shape index (κ3) is 5.73. The Balaban J connectivity index is 2.65. The third-order valence-corrected chi connectivity index (χ3v) is 3.27. The number of hydrogen-bond acceptors (Lipinski definition) is 3. The number of carbonyl (C=O) groups excluding carboxylic acids is 2. The van der Waals surface area contributed by atoms with Gasteiger partial charge < -0.3 is 15.8 Å². The first-order valence-electron chi connectivity index (χ1n) is 6.83. The predicted octanol–water partition coefficient (Wildman–Crippen LogP) is 2.83. The average Bonchev–Trinajstić information content (AvgIpc) is 2.40. The van der Waals surface area contributed by atoms with Crippen molar-refractivity contribution in [1.82, 2.24) is 0 Å². The van der Waals surface area contributed by atoms with Crippen LogP contribution in [0.4, 0.5) is 5.69 Å². The third-order valence-electron chi connectivity index (χ3n) is 2.94. The summed E-state index contributed by atoms with van der Waals surface area (Å²) < 4.78 is 5.46. The molecule has 5 nitrogen and oxygen atoms in total. The summed E-state index contributed by atoms with van der Waals surface area (Å²) >= 11 is 5.99. The Hall–Kier alpha value is -1.59. The average molecular weight is 313 g/mol. The van der Waals surface area contributed by atoms with E-state index in [1.54, 1.807) is 6.92 Å². The maximum atomic E-state index is 12.0. The fourth-order valence-corrected chi connectivity index (χ4v) is 1.73. The van der Waals surface area contributed by atoms with Crippen LogP contribution >= 0.6 is 11.6 Å². The van der Waals surface area contributed by atoms with Crippen molar-refractivity contribution in [2.75, 3.05) is 11.9 Å². The van der Waals surface area contributed by atoms with E-state index in [0.717, 1.165) is 6.42 Å². The zero-order valence-corrected chi connectivity index (χ0v) is 13.2. The van der Waals surface area contributed by atoms with Crippen molar-refractivity contribution < 1.29 is 14.3 Å². The molecule has 0 radical (unpaired) electrons. The summed E-state index contributed by atoms with van der Waals surface area (Å²) in [4.78, 5) is 23.1. The van der Waals surface area contributed by atoms with Gasteiger partial charge in [-0.1, -0.05) is 25.4 Å². The molecule has 116 valence electrons. The standard InChI is InChI=1S/C15H21ClN2O3/c1-9(2)6-7-21-10(3)15(20)18-13-8-11(14(17)19)4-5-12(13)16/h4-5,8-10H,6-7H2,1-3H3,(H2,17,19)(H,18,20). The van der Waals surface area contributed by atoms with Crippen LogP contribution in [0.3, 0.4) is 0 Å². The molecule has 1 aromatic rings. The Bertz CT molecular complexity index is 518. The first-order chi connectivity index (χ1) is 9.81. The molecule has 1 aromatic carbocycles. The Morgan fingerprint density at radius 2 is 2.00 bits per heavy atom. The van der Waals surface area contributed by atoms with Crippen molar-refractivity contribution in [2.24, 2.45) is 11.7 Å². The molecule has 6 heteroatoms. The van der Waals surface area contributed by atoms with Gasteiger partial charge in [0.1, 0.15) is 6.10 Å². The molecular weight excluding hydrogens is 292 g/mol. The van der Waals surface area contributed by atoms with Gasteiger partial charge in [-0.3, -0.25) is 9.59 Å². The summed E-state index contributed by atoms with van der Waals surface area (Å²) in [5.41, 5.74) is 5.82. The second kappa shape index (κ2) is 8.00. The van der Waals surface area contributed by atoms with Gasteiger partial charge in [-0.25, -0.2) is 0 Å². The van der Waals surface area contributed by atoms with Gasteiger partial charge in [0.05, 0.1) is 10.7 Å². The summed E-state index contributed by atoms with van der Waals surface area (Å²) in [6.45, 7) is 6.36. The van der Waals surface area contributed by atoms with Crippen LogP contribution in [-0.2, 0) is 9.53 Å². The molecule has 0 spiro atoms. The van der Waals surface area contributed by atoms with Gasteiger partial charge in [0.25, 0.3) is 5.91 Å². The van der Waals surface area contributed by atoms with Crippen LogP contribution in [0.2, 0.25) is 5.02 Å². The molecule has 0 saturated heterocycles. The number of halogens is 1. The summed E-state index contributed by atoms with van der Waals surface area (Å²) in [5, 5.41) is 2.98. The van der Waals surface area contributed by atoms with Crippen LogP contribution in [0, 0.1) is 5.92 Å². The number of anilines is 1. The Morgan fingerprint density at radius 3 is 2.57 bits per heavy atom. The van der Waals surface area contributed by atoms with Crippen molar-refractivity contribution in [2.45, 2.75) is 33.3 Å². The SMILES string of the molecule is CC(C)CCOC(C)C(=O)Nc1cc(C(N)=O)ccc1Cl. The predicted molar refractivity (Wildman–Crippen MR) is 83.5 cm³/mol. The summed E-state index contributed by atoms with van der Waals surface area (Å²) in [7, 11) is 0. The molecule has 0 saturated carbocycles. The normalized spacial score (nSPS) is 12.2. The minimum absolute atomic E-state index is 0.281. The number of nitrogens with two attached hydrogens (primary N) is 1. The number of ether oxygens (including phenoxy) is 1. The van der Waals surface area contributed by atoms with Crippen molar-refractivity contribution in [3.05, 3.63) is 28.8 Å². The molecule has 0 heterocycles. The topological polar surface area (TPSA) is 81.4 Å². The quantitative estimate of drug-likeness (QED) is 0.812. The molecule has 1 rings (SSSR count). The van der Waals surface area contributed by atoms with Crippen LogP contribution in [0.1, 0.15) is 37.6 Å². The van der Waals surface area contributed by atoms with Crippen LogP contribution in [-0.4, -0.2) is 24.5 Å². The molecule has 0 aromatic heterocycles. The molecule has 21 heavy (non-hydrogen) atoms. The highest BCUT2D eigenvalue weighted by atomic mass is 35.5. The lowest BCUT2D eigenvalue weighted by Gasteiger charge is -2.15. The van der Waals surface area contributed by atoms with Crippen LogP contribution < -0.4 is 11.1 Å². The van der Waals surface area contributed by atoms with E-state index in [2.05, 4.69) is 19.2 Å². The summed E-state index contributed by atoms with van der Waals surface area (Å²) in [6, 6.07) is 4.47. The highest BCUT2D eigenvalue weighted by molar-refractivity contribution is 6.34. The summed E-state index contributed by atoms with van der Waals surface area (Å²) in [6.07, 6.45) is 0.285. The smallest absolute Gasteiger partial charge is 0.253 e. The largest absolute Gasteiger partial charge is 0.369 e. The molecule has 1 unspecified atom stereocenters. The highest BCUT2D eigenvalue weighted by Crippen LogP contribution is 2.23. The first-order valence-corrected chi connectivity index (χ1v) is 7.21. The molecule has 1 atom stereocenters. The summed E-state index contributed by atoms with van der Waals surface area (Å²) in [5.74, 6) is -0.382. The number of nitrogens with one attached hydrogen (secondary N) is 1. The number of primary amides is 1. The first kappa shape index (κ1) is 17.5. The second-order valence-electron chi connectivity index (χ2n) is 5.24. The van der Waals surface area contributed by atoms with Crippen LogP contribution in [0.25, 0.3) is 0 Å². The Labute approximate surface area is 129 Å². The van der Waals surface area contributed by atoms with Gasteiger partial charge in [0, 0.05) is 12.2 Å². The fourth-order valence-electron chi connectivity index (χ4n) is 1.56. The molecule has 0 bridgehead atoms. The van der Waals surface area contributed by atoms with E-state index in [0.29, 0.717) is 23.2 Å². The lowest BCUT2D eigenvalue weighted by atomic mass is 10.1. The van der Waals surface area contributed by atoms with E-state index < -0.39 is 12.0 Å². The van der Waals surface area contributed by atoms with E-state index in [9.17, 15) is 9.59 Å². The molecule has 0 aliphatic rings. The second-order valence-corrected chi connectivity index (χ2v) is 5.65. The van der Waals surface area contributed by atoms with Gasteiger partial charge in [-0.2, -0.15) is 0 Å². The van der Waals surface area contributed by atoms with Gasteiger partial charge in [0.2, 0.25) is 5.91 Å². The van der Waals surface area contributed by atoms with Crippen LogP contribution in [0.5, 0.6) is 0 Å². The zero-order valence-electron chi connectivity index (χ0n) is 12.5. The molecule has 3 N–H and O–H groups in total. The van der Waals surface area contributed by atoms with E-state index >= 15 is 0 Å². The zero-order chi connectivity index (χ0) is 16.0. The van der Waals surface area contributed by atoms with E-state index in [-0.39, 0.29) is 11.5 Å². The minimum Gasteiger partial charge on any atom is -0.369 e. The number of amides is 2. The van der Waals surface area contributed by atoms with E-state index in [4.69, 9.17) is 22.1 Å². The molecule has 0 fully saturated rings. The number of hydrogen-bond donors (Lipinski definition) is 2. The molecule has 0 aliphatic heterocycles. The van der Waals surface area contributed by atoms with Gasteiger partial charge in [-0.15, -0.1) is 0 Å². The lowest BCUT2D eigenvalue weighted by molar-refractivity contribution is -0.126. The maximum absolute atomic E-state index is 12.0. The molecular formula is C15H21ClN2O3. The van der Waals surface area contributed by atoms with Crippen LogP contribution in [0.15, 0.2) is 18.2 Å². The van der Waals surface area contributed by atoms with Gasteiger partial charge in [-0.05, 0) is 37.5 Å². The fraction of sp³-hybridized carbons (Fsp3) is 0.467.